The smallest absolute Gasteiger partial charge is 0.475 e. The van der Waals surface area contributed by atoms with E-state index in [0.717, 1.165) is 51.4 Å². The van der Waals surface area contributed by atoms with Gasteiger partial charge in [-0.2, -0.15) is 46.3 Å². The van der Waals surface area contributed by atoms with Crippen molar-refractivity contribution in [1.29, 1.82) is 0 Å². The maximum absolute atomic E-state index is 15.4. The number of halogens is 11. The number of aliphatic hydroxyl groups excluding tert-OH is 2. The van der Waals surface area contributed by atoms with E-state index in [9.17, 15) is 83.4 Å². The number of imidazole rings is 2. The van der Waals surface area contributed by atoms with E-state index < -0.39 is 173 Å². The van der Waals surface area contributed by atoms with Crippen molar-refractivity contribution in [1.82, 2.24) is 39.0 Å². The van der Waals surface area contributed by atoms with Gasteiger partial charge in [0.2, 0.25) is 24.2 Å². The molecule has 4 aliphatic rings. The largest absolute Gasteiger partial charge is 0.510 e. The van der Waals surface area contributed by atoms with Gasteiger partial charge in [0.15, 0.2) is 76.6 Å². The Balaban J connectivity index is 0.000000353. The molecule has 2 aliphatic carbocycles. The van der Waals surface area contributed by atoms with Gasteiger partial charge in [0.05, 0.1) is 44.2 Å². The molecule has 0 spiro atoms. The summed E-state index contributed by atoms with van der Waals surface area (Å²) in [6.45, 7) is 5.86. The van der Waals surface area contributed by atoms with Crippen LogP contribution < -0.4 is 10.6 Å². The molecule has 10 atom stereocenters. The molecule has 2 saturated heterocycles. The van der Waals surface area contributed by atoms with Crippen molar-refractivity contribution in [2.45, 2.75) is 185 Å². The minimum atomic E-state index is -5.08. The summed E-state index contributed by atoms with van der Waals surface area (Å²) < 4.78 is 204. The molecule has 39 nitrogen and oxygen atoms in total. The predicted molar refractivity (Wildman–Crippen MR) is 341 cm³/mol. The SMILES string of the molecule is CC(C)OC(=O)OCCl.CC(C)OC(=O)OCOP(=O)(CP(=O)(O)OC[C@H]1O[C@@H](n2cnc3c(NC4CCCC4)nc(Cl)nc32)[C@@H](F)[C@@H]1O)OCOC(=O)OC(C)C.O=C(O)C(F)(F)F.O=C(O)C(F)(F)F.O=P(O)(O)CP(=O)(O)OC[C@H]1O[C@@H](n2cnc3c(NC4CCCC4)nc(Cl)nc32)[C@@H](F)[C@@H]1O. The molecule has 2 saturated carbocycles. The van der Waals surface area contributed by atoms with Crippen molar-refractivity contribution in [3.63, 3.8) is 0 Å². The van der Waals surface area contributed by atoms with Crippen molar-refractivity contribution in [2.24, 2.45) is 0 Å². The average Bonchev–Trinajstić information content (AvgIpc) is 1.61. The number of aliphatic carboxylic acids is 2. The maximum atomic E-state index is 15.4. The number of carbonyl (C=O) groups excluding carboxylic acids is 3. The van der Waals surface area contributed by atoms with Crippen LogP contribution in [0.3, 0.4) is 0 Å². The number of carboxylic acid groups (broad SMARTS) is 2. The van der Waals surface area contributed by atoms with Crippen molar-refractivity contribution in [3.8, 4) is 0 Å². The normalized spacial score (nSPS) is 21.9. The van der Waals surface area contributed by atoms with Gasteiger partial charge in [-0.25, -0.2) is 42.7 Å². The quantitative estimate of drug-likeness (QED) is 0.00531. The zero-order chi connectivity index (χ0) is 79.3. The molecule has 0 radical (unpaired) electrons. The van der Waals surface area contributed by atoms with Crippen LogP contribution in [0.1, 0.15) is 105 Å². The second kappa shape index (κ2) is 40.6. The second-order valence-corrected chi connectivity index (χ2v) is 32.2. The third-order valence-corrected chi connectivity index (χ3v) is 21.7. The van der Waals surface area contributed by atoms with Gasteiger partial charge in [0.25, 0.3) is 0 Å². The highest BCUT2D eigenvalue weighted by molar-refractivity contribution is 7.71. The lowest BCUT2D eigenvalue weighted by Gasteiger charge is -2.22. The molecule has 4 aromatic heterocycles. The van der Waals surface area contributed by atoms with Gasteiger partial charge in [-0.15, -0.1) is 0 Å². The summed E-state index contributed by atoms with van der Waals surface area (Å²) in [4.78, 5) is 114. The molecular formula is C51H73Cl3F8N10O29P4. The highest BCUT2D eigenvalue weighted by atomic mass is 35.5. The fraction of sp³-hybridized carbons (Fsp3) is 0.706. The minimum absolute atomic E-state index is 0.0998. The van der Waals surface area contributed by atoms with Crippen LogP contribution in [0.5, 0.6) is 0 Å². The molecule has 0 bridgehead atoms. The summed E-state index contributed by atoms with van der Waals surface area (Å²) in [5.74, 6) is -7.53. The molecule has 598 valence electrons. The standard InChI is InChI=1S/C26H39ClFN5O14P2.C16H23ClFN5O8P2.C5H9ClO3.2C2HF3O2/c1-14(2)45-25(35)40-11-43-49(39,44-12-41-26(36)46-15(3)4)13-48(37,38)42-9-17-20(34)18(28)23(47-17)33-10-29-19-21(30-16-7-5-6-8-16)31-24(27)32-22(19)33;17-16-21-13(20-8-3-1-2-4-8)11-14(22-16)23(6-19-11)15-10(18)12(24)9(31-15)5-30-33(28,29)7-32(25,26)27;1-4(2)9-5(7)8-3-6;2*3-2(4,5)1(6)7/h10,14-18,20,23,34H,5-9,11-13H2,1-4H3,(H,37,38)(H,30,31,32);6,8-10,12,15,24H,1-5,7H2,(H,28,29)(H,20,21,22)(H2,25,26,27);4H,3H2,1-2H3;2*(H,6,7)/t17-,18+,20-,23-;9-,10+,12-,15-;;;/m11.../s1. The molecule has 4 fully saturated rings. The van der Waals surface area contributed by atoms with E-state index in [-0.39, 0.29) is 46.1 Å². The lowest BCUT2D eigenvalue weighted by atomic mass is 10.1. The van der Waals surface area contributed by atoms with Gasteiger partial charge in [0, 0.05) is 12.1 Å². The number of aliphatic hydroxyl groups is 2. The molecule has 105 heavy (non-hydrogen) atoms. The first-order valence-electron chi connectivity index (χ1n) is 30.3. The van der Waals surface area contributed by atoms with Crippen LogP contribution in [0.2, 0.25) is 10.6 Å². The Kier molecular flexibility index (Phi) is 35.4. The van der Waals surface area contributed by atoms with E-state index in [1.54, 1.807) is 13.8 Å². The number of anilines is 2. The number of fused-ring (bicyclic) bond motifs is 2. The van der Waals surface area contributed by atoms with Crippen LogP contribution in [-0.4, -0.2) is 234 Å². The molecule has 6 heterocycles. The second-order valence-electron chi connectivity index (χ2n) is 22.9. The fourth-order valence-electron chi connectivity index (χ4n) is 9.08. The Hall–Kier alpha value is -5.80. The molecule has 0 aromatic carbocycles. The van der Waals surface area contributed by atoms with E-state index in [1.165, 1.54) is 49.5 Å². The minimum Gasteiger partial charge on any atom is -0.475 e. The molecule has 10 N–H and O–H groups in total. The molecule has 0 amide bonds. The summed E-state index contributed by atoms with van der Waals surface area (Å²) in [7, 11) is -19.2. The molecule has 54 heteroatoms. The number of carbonyl (C=O) groups is 5. The molecular weight excluding hydrogens is 1600 g/mol. The van der Waals surface area contributed by atoms with E-state index in [2.05, 4.69) is 64.0 Å². The van der Waals surface area contributed by atoms with Crippen LogP contribution in [0.15, 0.2) is 12.7 Å². The lowest BCUT2D eigenvalue weighted by Crippen LogP contribution is -2.31. The summed E-state index contributed by atoms with van der Waals surface area (Å²) >= 11 is 17.3. The average molecular weight is 1670 g/mol. The summed E-state index contributed by atoms with van der Waals surface area (Å²) in [6, 6.07) is 0.194. The van der Waals surface area contributed by atoms with Gasteiger partial charge in [-0.05, 0) is 90.4 Å². The number of hydrogen-bond donors (Lipinski definition) is 10. The fourth-order valence-corrected chi connectivity index (χ4v) is 15.7. The number of nitrogens with one attached hydrogen (secondary N) is 2. The number of alkyl halides is 9. The van der Waals surface area contributed by atoms with Gasteiger partial charge in [-0.1, -0.05) is 37.3 Å². The Morgan fingerprint density at radius 3 is 1.20 bits per heavy atom. The zero-order valence-electron chi connectivity index (χ0n) is 55.4. The zero-order valence-corrected chi connectivity index (χ0v) is 61.3. The first-order valence-corrected chi connectivity index (χ1v) is 38.7. The van der Waals surface area contributed by atoms with Gasteiger partial charge in [-0.3, -0.25) is 36.4 Å². The van der Waals surface area contributed by atoms with Crippen LogP contribution in [0.4, 0.5) is 61.1 Å². The Morgan fingerprint density at radius 2 is 0.895 bits per heavy atom. The number of nitrogens with zero attached hydrogens (tertiary/aromatic N) is 8. The van der Waals surface area contributed by atoms with E-state index in [0.29, 0.717) is 22.7 Å². The van der Waals surface area contributed by atoms with Crippen molar-refractivity contribution < 1.29 is 173 Å². The highest BCUT2D eigenvalue weighted by Gasteiger charge is 2.50. The third-order valence-electron chi connectivity index (χ3n) is 13.4. The summed E-state index contributed by atoms with van der Waals surface area (Å²) in [6.07, 6.45) is -17.5. The van der Waals surface area contributed by atoms with Gasteiger partial charge in [0.1, 0.15) is 24.4 Å². The number of ether oxygens (including phenoxy) is 8. The third kappa shape index (κ3) is 31.0. The molecule has 2 aliphatic heterocycles. The predicted octanol–water partition coefficient (Wildman–Crippen LogP) is 9.63. The van der Waals surface area contributed by atoms with E-state index in [1.807, 2.05) is 0 Å². The van der Waals surface area contributed by atoms with Crippen molar-refractivity contribution >= 4 is 130 Å². The van der Waals surface area contributed by atoms with Crippen LogP contribution >= 0.6 is 65.2 Å². The number of aromatic nitrogens is 8. The highest BCUT2D eigenvalue weighted by Crippen LogP contribution is 2.62. The Bertz CT molecular complexity index is 3680. The van der Waals surface area contributed by atoms with E-state index >= 15 is 4.39 Å². The molecule has 8 rings (SSSR count). The molecule has 4 aromatic rings. The van der Waals surface area contributed by atoms with Gasteiger partial charge < -0.3 is 97.6 Å². The number of carboxylic acids is 2. The Labute approximate surface area is 603 Å². The van der Waals surface area contributed by atoms with Gasteiger partial charge >= 0.3 is 73.1 Å². The van der Waals surface area contributed by atoms with Crippen molar-refractivity contribution in [3.05, 3.63) is 23.2 Å². The van der Waals surface area contributed by atoms with Crippen LogP contribution in [0, 0.1) is 0 Å². The van der Waals surface area contributed by atoms with Crippen LogP contribution in [-0.2, 0) is 83.8 Å². The number of hydrogen-bond acceptors (Lipinski definition) is 31. The topological polar surface area (TPSA) is 537 Å². The first kappa shape index (κ1) is 91.6. The monoisotopic (exact) mass is 1670 g/mol. The first-order chi connectivity index (χ1) is 48.5. The Morgan fingerprint density at radius 1 is 0.571 bits per heavy atom. The van der Waals surface area contributed by atoms with E-state index in [4.69, 9.17) is 96.9 Å². The molecule has 2 unspecified atom stereocenters. The van der Waals surface area contributed by atoms with Crippen molar-refractivity contribution in [2.75, 3.05) is 55.3 Å². The van der Waals surface area contributed by atoms with Crippen LogP contribution in [0.25, 0.3) is 22.3 Å². The summed E-state index contributed by atoms with van der Waals surface area (Å²) in [5, 5.41) is 41.4. The summed E-state index contributed by atoms with van der Waals surface area (Å²) in [5.41, 5.74) is 0.896. The lowest BCUT2D eigenvalue weighted by molar-refractivity contribution is -0.193. The maximum Gasteiger partial charge on any atom is 0.510 e. The number of rotatable bonds is 26.